The van der Waals surface area contributed by atoms with E-state index in [1.54, 1.807) is 0 Å². The summed E-state index contributed by atoms with van der Waals surface area (Å²) in [5.41, 5.74) is -0.338. The molecule has 5 aliphatic rings. The summed E-state index contributed by atoms with van der Waals surface area (Å²) in [6.07, 6.45) is -15.3. The number of ether oxygens (including phenoxy) is 5. The number of allylic oxidation sites excluding steroid dienone is 1. The molecule has 306 valence electrons. The lowest BCUT2D eigenvalue weighted by molar-refractivity contribution is -0.298. The van der Waals surface area contributed by atoms with Crippen LogP contribution in [0.4, 0.5) is 0 Å². The minimum absolute atomic E-state index is 0.121. The molecule has 2 aliphatic heterocycles. The number of hydrogen-bond donors (Lipinski definition) is 10. The van der Waals surface area contributed by atoms with E-state index in [0.29, 0.717) is 19.3 Å². The Bertz CT molecular complexity index is 1250. The second-order valence-corrected chi connectivity index (χ2v) is 16.7. The number of aliphatic hydroxyl groups excluding tert-OH is 10. The molecule has 16 nitrogen and oxygen atoms in total. The smallest absolute Gasteiger partial charge is 0.314 e. The van der Waals surface area contributed by atoms with Crippen molar-refractivity contribution in [1.29, 1.82) is 0 Å². The van der Waals surface area contributed by atoms with Crippen LogP contribution in [-0.4, -0.2) is 163 Å². The Morgan fingerprint density at radius 2 is 1.53 bits per heavy atom. The molecule has 16 heteroatoms. The maximum Gasteiger partial charge on any atom is 0.314 e. The third-order valence-electron chi connectivity index (χ3n) is 13.7. The van der Waals surface area contributed by atoms with Gasteiger partial charge in [-0.15, -0.1) is 0 Å². The van der Waals surface area contributed by atoms with Gasteiger partial charge in [-0.1, -0.05) is 25.5 Å². The van der Waals surface area contributed by atoms with E-state index in [0.717, 1.165) is 31.3 Å². The molecule has 0 aromatic carbocycles. The zero-order chi connectivity index (χ0) is 39.2. The van der Waals surface area contributed by atoms with Gasteiger partial charge in [-0.05, 0) is 87.9 Å². The van der Waals surface area contributed by atoms with E-state index >= 15 is 0 Å². The average Bonchev–Trinajstić information content (AvgIpc) is 3.13. The Labute approximate surface area is 310 Å². The first-order valence-electron chi connectivity index (χ1n) is 19.0. The normalized spacial score (nSPS) is 47.1. The molecule has 5 rings (SSSR count). The van der Waals surface area contributed by atoms with Gasteiger partial charge >= 0.3 is 5.97 Å². The van der Waals surface area contributed by atoms with E-state index in [9.17, 15) is 55.9 Å². The molecule has 0 radical (unpaired) electrons. The number of fused-ring (bicyclic) bond motifs is 3. The number of esters is 1. The van der Waals surface area contributed by atoms with E-state index in [2.05, 4.69) is 13.5 Å². The van der Waals surface area contributed by atoms with Gasteiger partial charge in [0.05, 0.1) is 30.8 Å². The van der Waals surface area contributed by atoms with Crippen LogP contribution in [0, 0.1) is 34.5 Å². The Morgan fingerprint density at radius 1 is 0.887 bits per heavy atom. The van der Waals surface area contributed by atoms with Gasteiger partial charge in [0.15, 0.2) is 6.29 Å². The van der Waals surface area contributed by atoms with E-state index in [-0.39, 0.29) is 35.5 Å². The predicted molar refractivity (Wildman–Crippen MR) is 183 cm³/mol. The first-order chi connectivity index (χ1) is 24.9. The molecule has 0 aromatic heterocycles. The summed E-state index contributed by atoms with van der Waals surface area (Å²) in [5, 5.41) is 104. The Balaban J connectivity index is 1.34. The van der Waals surface area contributed by atoms with Crippen LogP contribution in [-0.2, 0) is 28.5 Å². The maximum atomic E-state index is 14.0. The van der Waals surface area contributed by atoms with Crippen molar-refractivity contribution in [2.24, 2.45) is 34.5 Å². The highest BCUT2D eigenvalue weighted by Gasteiger charge is 2.61. The van der Waals surface area contributed by atoms with Crippen LogP contribution < -0.4 is 0 Å². The van der Waals surface area contributed by atoms with E-state index in [1.807, 2.05) is 6.92 Å². The second-order valence-electron chi connectivity index (χ2n) is 16.7. The lowest BCUT2D eigenvalue weighted by Gasteiger charge is -2.61. The van der Waals surface area contributed by atoms with Gasteiger partial charge < -0.3 is 74.7 Å². The summed E-state index contributed by atoms with van der Waals surface area (Å²) < 4.78 is 28.1. The largest absolute Gasteiger partial charge is 0.432 e. The number of methoxy groups -OCH3 is 1. The lowest BCUT2D eigenvalue weighted by atomic mass is 9.43. The summed E-state index contributed by atoms with van der Waals surface area (Å²) >= 11 is 0. The summed E-state index contributed by atoms with van der Waals surface area (Å²) in [7, 11) is 1.33. The zero-order valence-electron chi connectivity index (χ0n) is 31.1. The van der Waals surface area contributed by atoms with Gasteiger partial charge in [0.1, 0.15) is 61.0 Å². The van der Waals surface area contributed by atoms with Crippen molar-refractivity contribution >= 4 is 5.97 Å². The van der Waals surface area contributed by atoms with Gasteiger partial charge in [-0.25, -0.2) is 0 Å². The molecule has 0 spiro atoms. The third kappa shape index (κ3) is 8.10. The quantitative estimate of drug-likeness (QED) is 0.0614. The van der Waals surface area contributed by atoms with E-state index < -0.39 is 110 Å². The van der Waals surface area contributed by atoms with Gasteiger partial charge in [0, 0.05) is 7.11 Å². The van der Waals surface area contributed by atoms with Crippen LogP contribution in [0.1, 0.15) is 72.1 Å². The first-order valence-corrected chi connectivity index (χ1v) is 19.0. The van der Waals surface area contributed by atoms with E-state index in [1.165, 1.54) is 14.0 Å². The van der Waals surface area contributed by atoms with Crippen molar-refractivity contribution in [2.45, 2.75) is 158 Å². The molecule has 0 amide bonds. The van der Waals surface area contributed by atoms with Crippen LogP contribution in [0.2, 0.25) is 0 Å². The lowest BCUT2D eigenvalue weighted by Crippen LogP contribution is -2.62. The van der Waals surface area contributed by atoms with Crippen molar-refractivity contribution < 1.29 is 79.5 Å². The summed E-state index contributed by atoms with van der Waals surface area (Å²) in [5.74, 6) is -0.481. The average molecular weight is 763 g/mol. The monoisotopic (exact) mass is 762 g/mol. The molecule has 10 N–H and O–H groups in total. The van der Waals surface area contributed by atoms with Crippen molar-refractivity contribution in [3.8, 4) is 0 Å². The van der Waals surface area contributed by atoms with Gasteiger partial charge in [0.2, 0.25) is 6.29 Å². The van der Waals surface area contributed by atoms with Crippen LogP contribution in [0.25, 0.3) is 0 Å². The fourth-order valence-electron chi connectivity index (χ4n) is 10.4. The molecular weight excluding hydrogens is 700 g/mol. The number of carbonyl (C=O) groups excluding carboxylic acids is 1. The molecule has 2 saturated heterocycles. The summed E-state index contributed by atoms with van der Waals surface area (Å²) in [6, 6.07) is 0. The maximum absolute atomic E-state index is 14.0. The Morgan fingerprint density at radius 3 is 2.17 bits per heavy atom. The third-order valence-corrected chi connectivity index (χ3v) is 13.7. The molecule has 2 heterocycles. The molecule has 5 fully saturated rings. The van der Waals surface area contributed by atoms with Gasteiger partial charge in [0.25, 0.3) is 0 Å². The van der Waals surface area contributed by atoms with Gasteiger partial charge in [-0.3, -0.25) is 4.79 Å². The van der Waals surface area contributed by atoms with Crippen LogP contribution >= 0.6 is 0 Å². The van der Waals surface area contributed by atoms with Crippen LogP contribution in [0.5, 0.6) is 0 Å². The molecule has 3 saturated carbocycles. The number of aliphatic hydroxyl groups is 10. The Hall–Kier alpha value is -1.35. The predicted octanol–water partition coefficient (Wildman–Crippen LogP) is -1.53. The topological polar surface area (TPSA) is 266 Å². The fourth-order valence-corrected chi connectivity index (χ4v) is 10.4. The van der Waals surface area contributed by atoms with Crippen LogP contribution in [0.3, 0.4) is 0 Å². The minimum Gasteiger partial charge on any atom is -0.432 e. The van der Waals surface area contributed by atoms with Crippen molar-refractivity contribution in [1.82, 2.24) is 0 Å². The summed E-state index contributed by atoms with van der Waals surface area (Å²) in [6.45, 7) is 8.73. The number of carbonyl (C=O) groups is 1. The molecule has 17 unspecified atom stereocenters. The fraction of sp³-hybridized carbons (Fsp3) is 0.919. The second kappa shape index (κ2) is 17.0. The van der Waals surface area contributed by atoms with Crippen LogP contribution in [0.15, 0.2) is 12.2 Å². The molecule has 53 heavy (non-hydrogen) atoms. The summed E-state index contributed by atoms with van der Waals surface area (Å²) in [4.78, 5) is 14.0. The Kier molecular flexibility index (Phi) is 13.7. The minimum atomic E-state index is -1.98. The molecule has 0 aromatic rings. The molecule has 3 aliphatic carbocycles. The molecule has 20 atom stereocenters. The highest BCUT2D eigenvalue weighted by atomic mass is 16.7. The number of hydrogen-bond acceptors (Lipinski definition) is 16. The molecule has 0 bridgehead atoms. The van der Waals surface area contributed by atoms with E-state index in [4.69, 9.17) is 23.7 Å². The standard InChI is InChI=1S/C37H62O16/c1-16-11-18-7-8-24-36(3,9-6-10-37(24,4)35(48)53-34-31(46)28(43)26(41)23(15-39)51-34)20(18)12-19(16)13-21-32(29(44)27(42)22(14-38)50-21)52-33(47)30(45)25(40)17(2)49-5/h17-34,38-47H,1,6-15H2,2-5H3/t17?,18?,19?,20-,21?,22?,23?,24?,25?,26?,27?,28?,29?,30?,31?,32?,33?,34?,36+,37-/m1/s1. The van der Waals surface area contributed by atoms with Gasteiger partial charge in [-0.2, -0.15) is 0 Å². The van der Waals surface area contributed by atoms with Crippen molar-refractivity contribution in [3.63, 3.8) is 0 Å². The zero-order valence-corrected chi connectivity index (χ0v) is 31.1. The first kappa shape index (κ1) is 42.8. The highest BCUT2D eigenvalue weighted by Crippen LogP contribution is 2.65. The van der Waals surface area contributed by atoms with Crippen molar-refractivity contribution in [3.05, 3.63) is 12.2 Å². The number of rotatable bonds is 12. The molecular formula is C37H62O16. The SMILES string of the molecule is C=C1CC2CCC3[C@](C)(C(=O)OC4OC(CO)C(O)C(O)C4O)CCC[C@@]3(C)[C@@H]2CC1CC1OC(CO)C(O)C(O)C1OC(O)C(O)C(O)C(C)OC. The van der Waals surface area contributed by atoms with Crippen molar-refractivity contribution in [2.75, 3.05) is 20.3 Å². The highest BCUT2D eigenvalue weighted by molar-refractivity contribution is 5.77.